The lowest BCUT2D eigenvalue weighted by molar-refractivity contribution is -0.119. The Labute approximate surface area is 147 Å². The summed E-state index contributed by atoms with van der Waals surface area (Å²) < 4.78 is 5.39. The number of nitrogens with zero attached hydrogens (tertiary/aromatic N) is 2. The number of carbonyl (C=O) groups excluding carboxylic acids is 1. The summed E-state index contributed by atoms with van der Waals surface area (Å²) in [6.07, 6.45) is 3.35. The second-order valence-corrected chi connectivity index (χ2v) is 6.68. The first-order valence-corrected chi connectivity index (χ1v) is 8.74. The number of benzene rings is 1. The molecule has 1 amide bonds. The van der Waals surface area contributed by atoms with Gasteiger partial charge in [0.2, 0.25) is 5.91 Å². The Morgan fingerprint density at radius 1 is 1.32 bits per heavy atom. The number of anilines is 1. The second kappa shape index (κ2) is 8.22. The molecule has 0 aliphatic carbocycles. The molecule has 0 saturated carbocycles. The topological polar surface area (TPSA) is 91.9 Å². The fourth-order valence-corrected chi connectivity index (χ4v) is 3.00. The summed E-state index contributed by atoms with van der Waals surface area (Å²) >= 11 is 0. The summed E-state index contributed by atoms with van der Waals surface area (Å²) in [5.41, 5.74) is 1.63. The molecule has 1 aliphatic rings. The number of hydrogen-bond acceptors (Lipinski definition) is 5. The fraction of sp³-hybridized carbons (Fsp3) is 0.500. The van der Waals surface area contributed by atoms with Crippen molar-refractivity contribution in [2.24, 2.45) is 5.92 Å². The van der Waals surface area contributed by atoms with E-state index in [4.69, 9.17) is 4.74 Å². The van der Waals surface area contributed by atoms with Gasteiger partial charge in [0, 0.05) is 30.5 Å². The van der Waals surface area contributed by atoms with Crippen molar-refractivity contribution < 1.29 is 9.53 Å². The van der Waals surface area contributed by atoms with Gasteiger partial charge in [-0.15, -0.1) is 0 Å². The number of aromatic amines is 1. The minimum atomic E-state index is -0.239. The van der Waals surface area contributed by atoms with Crippen LogP contribution in [0.25, 0.3) is 11.4 Å². The van der Waals surface area contributed by atoms with Crippen LogP contribution in [-0.4, -0.2) is 46.4 Å². The van der Waals surface area contributed by atoms with Gasteiger partial charge in [-0.05, 0) is 30.9 Å². The smallest absolute Gasteiger partial charge is 0.241 e. The van der Waals surface area contributed by atoms with Crippen LogP contribution in [0.4, 0.5) is 5.69 Å². The molecule has 3 rings (SSSR count). The van der Waals surface area contributed by atoms with Crippen LogP contribution in [0.5, 0.6) is 0 Å². The Balaban J connectivity index is 1.67. The molecule has 2 aromatic rings. The molecule has 1 atom stereocenters. The fourth-order valence-electron chi connectivity index (χ4n) is 3.00. The van der Waals surface area contributed by atoms with Crippen molar-refractivity contribution in [3.8, 4) is 11.4 Å². The molecule has 25 heavy (non-hydrogen) atoms. The van der Waals surface area contributed by atoms with Gasteiger partial charge in [-0.1, -0.05) is 26.0 Å². The summed E-state index contributed by atoms with van der Waals surface area (Å²) in [7, 11) is 0. The number of carbonyl (C=O) groups is 1. The van der Waals surface area contributed by atoms with Crippen molar-refractivity contribution in [1.82, 2.24) is 20.5 Å². The molecule has 0 spiro atoms. The zero-order valence-electron chi connectivity index (χ0n) is 14.7. The third-order valence-corrected chi connectivity index (χ3v) is 4.40. The Hall–Kier alpha value is -2.25. The van der Waals surface area contributed by atoms with Crippen LogP contribution in [-0.2, 0) is 9.53 Å². The molecule has 134 valence electrons. The van der Waals surface area contributed by atoms with Gasteiger partial charge in [0.15, 0.2) is 5.82 Å². The lowest BCUT2D eigenvalue weighted by Crippen LogP contribution is -2.50. The molecular formula is C18H25N5O2. The zero-order valence-corrected chi connectivity index (χ0v) is 14.7. The SMILES string of the molecule is CC(C)C(NC1CCOCC1)C(=O)Nc1cccc(-c2ncn[nH]2)c1. The summed E-state index contributed by atoms with van der Waals surface area (Å²) in [6, 6.07) is 7.68. The third kappa shape index (κ3) is 4.64. The van der Waals surface area contributed by atoms with Crippen molar-refractivity contribution in [2.45, 2.75) is 38.8 Å². The zero-order chi connectivity index (χ0) is 17.6. The van der Waals surface area contributed by atoms with Crippen LogP contribution in [0.2, 0.25) is 0 Å². The molecule has 0 bridgehead atoms. The highest BCUT2D eigenvalue weighted by molar-refractivity contribution is 5.95. The second-order valence-electron chi connectivity index (χ2n) is 6.68. The normalized spacial score (nSPS) is 16.8. The molecule has 1 aromatic carbocycles. The quantitative estimate of drug-likeness (QED) is 0.748. The average Bonchev–Trinajstić information content (AvgIpc) is 3.15. The molecule has 1 fully saturated rings. The molecule has 1 unspecified atom stereocenters. The van der Waals surface area contributed by atoms with Gasteiger partial charge in [-0.3, -0.25) is 9.89 Å². The van der Waals surface area contributed by atoms with Crippen LogP contribution in [0.3, 0.4) is 0 Å². The van der Waals surface area contributed by atoms with Crippen molar-refractivity contribution in [3.63, 3.8) is 0 Å². The maximum absolute atomic E-state index is 12.8. The van der Waals surface area contributed by atoms with Gasteiger partial charge in [0.1, 0.15) is 6.33 Å². The highest BCUT2D eigenvalue weighted by Crippen LogP contribution is 2.19. The molecule has 1 saturated heterocycles. The number of hydrogen-bond donors (Lipinski definition) is 3. The Morgan fingerprint density at radius 2 is 2.12 bits per heavy atom. The van der Waals surface area contributed by atoms with Crippen molar-refractivity contribution in [3.05, 3.63) is 30.6 Å². The van der Waals surface area contributed by atoms with E-state index >= 15 is 0 Å². The van der Waals surface area contributed by atoms with Gasteiger partial charge in [0.25, 0.3) is 0 Å². The van der Waals surface area contributed by atoms with E-state index in [1.54, 1.807) is 0 Å². The molecule has 1 aliphatic heterocycles. The minimum absolute atomic E-state index is 0.0174. The Kier molecular flexibility index (Phi) is 5.78. The molecule has 0 radical (unpaired) electrons. The van der Waals surface area contributed by atoms with E-state index in [1.165, 1.54) is 6.33 Å². The van der Waals surface area contributed by atoms with Crippen LogP contribution >= 0.6 is 0 Å². The number of aromatic nitrogens is 3. The monoisotopic (exact) mass is 343 g/mol. The maximum atomic E-state index is 12.8. The van der Waals surface area contributed by atoms with E-state index < -0.39 is 0 Å². The first-order valence-electron chi connectivity index (χ1n) is 8.74. The van der Waals surface area contributed by atoms with Crippen LogP contribution in [0, 0.1) is 5.92 Å². The standard InChI is InChI=1S/C18H25N5O2/c1-12(2)16(21-14-6-8-25-9-7-14)18(24)22-15-5-3-4-13(10-15)17-19-11-20-23-17/h3-5,10-12,14,16,21H,6-9H2,1-2H3,(H,22,24)(H,19,20,23). The summed E-state index contributed by atoms with van der Waals surface area (Å²) in [6.45, 7) is 5.62. The molecular weight excluding hydrogens is 318 g/mol. The van der Waals surface area contributed by atoms with E-state index in [9.17, 15) is 4.79 Å². The molecule has 7 heteroatoms. The predicted octanol–water partition coefficient (Wildman–Crippen LogP) is 2.20. The molecule has 7 nitrogen and oxygen atoms in total. The third-order valence-electron chi connectivity index (χ3n) is 4.40. The highest BCUT2D eigenvalue weighted by Gasteiger charge is 2.26. The largest absolute Gasteiger partial charge is 0.381 e. The Bertz CT molecular complexity index is 681. The highest BCUT2D eigenvalue weighted by atomic mass is 16.5. The summed E-state index contributed by atoms with van der Waals surface area (Å²) in [5, 5.41) is 13.2. The number of amides is 1. The predicted molar refractivity (Wildman–Crippen MR) is 96.1 cm³/mol. The van der Waals surface area contributed by atoms with Gasteiger partial charge >= 0.3 is 0 Å². The van der Waals surface area contributed by atoms with Crippen LogP contribution in [0.1, 0.15) is 26.7 Å². The van der Waals surface area contributed by atoms with Crippen molar-refractivity contribution >= 4 is 11.6 Å². The van der Waals surface area contributed by atoms with Crippen molar-refractivity contribution in [2.75, 3.05) is 18.5 Å². The van der Waals surface area contributed by atoms with Gasteiger partial charge in [0.05, 0.1) is 6.04 Å². The molecule has 2 heterocycles. The number of ether oxygens (including phenoxy) is 1. The van der Waals surface area contributed by atoms with Crippen LogP contribution < -0.4 is 10.6 Å². The first-order chi connectivity index (χ1) is 12.1. The van der Waals surface area contributed by atoms with E-state index in [0.29, 0.717) is 11.9 Å². The first kappa shape index (κ1) is 17.6. The average molecular weight is 343 g/mol. The van der Waals surface area contributed by atoms with Crippen molar-refractivity contribution in [1.29, 1.82) is 0 Å². The Morgan fingerprint density at radius 3 is 2.80 bits per heavy atom. The summed E-state index contributed by atoms with van der Waals surface area (Å²) in [5.74, 6) is 0.855. The van der Waals surface area contributed by atoms with Crippen LogP contribution in [0.15, 0.2) is 30.6 Å². The number of H-pyrrole nitrogens is 1. The van der Waals surface area contributed by atoms with Gasteiger partial charge < -0.3 is 15.4 Å². The molecule has 3 N–H and O–H groups in total. The maximum Gasteiger partial charge on any atom is 0.241 e. The van der Waals surface area contributed by atoms with E-state index in [1.807, 2.05) is 24.3 Å². The lowest BCUT2D eigenvalue weighted by Gasteiger charge is -2.30. The molecule has 1 aromatic heterocycles. The van der Waals surface area contributed by atoms with E-state index in [2.05, 4.69) is 39.7 Å². The minimum Gasteiger partial charge on any atom is -0.381 e. The van der Waals surface area contributed by atoms with E-state index in [0.717, 1.165) is 37.3 Å². The van der Waals surface area contributed by atoms with Gasteiger partial charge in [-0.2, -0.15) is 5.10 Å². The summed E-state index contributed by atoms with van der Waals surface area (Å²) in [4.78, 5) is 16.9. The van der Waals surface area contributed by atoms with Gasteiger partial charge in [-0.25, -0.2) is 4.98 Å². The lowest BCUT2D eigenvalue weighted by atomic mass is 9.99. The number of nitrogens with one attached hydrogen (secondary N) is 3. The number of rotatable bonds is 6. The van der Waals surface area contributed by atoms with E-state index in [-0.39, 0.29) is 17.9 Å².